The van der Waals surface area contributed by atoms with Crippen molar-refractivity contribution in [2.75, 3.05) is 19.0 Å². The number of anilines is 1. The van der Waals surface area contributed by atoms with E-state index < -0.39 is 5.69 Å². The third kappa shape index (κ3) is 1.30. The number of hydrogen-bond donors (Lipinski definition) is 2. The molecule has 0 aliphatic carbocycles. The molecule has 8 nitrogen and oxygen atoms in total. The fraction of sp³-hybridized carbons (Fsp3) is 0.333. The van der Waals surface area contributed by atoms with E-state index in [9.17, 15) is 4.79 Å². The Kier molecular flexibility index (Phi) is 1.77. The van der Waals surface area contributed by atoms with Gasteiger partial charge in [-0.2, -0.15) is 15.0 Å². The van der Waals surface area contributed by atoms with Gasteiger partial charge in [-0.3, -0.25) is 9.78 Å². The van der Waals surface area contributed by atoms with Crippen LogP contribution >= 0.6 is 0 Å². The number of aromatic nitrogens is 6. The van der Waals surface area contributed by atoms with Gasteiger partial charge in [0.05, 0.1) is 0 Å². The molecule has 3 rings (SSSR count). The Bertz CT molecular complexity index is 763. The summed E-state index contributed by atoms with van der Waals surface area (Å²) in [5.41, 5.74) is 1.17. The minimum absolute atomic E-state index is 0.491. The van der Waals surface area contributed by atoms with Gasteiger partial charge in [0.15, 0.2) is 16.9 Å². The standard InChI is InChI=1S/C9H11N7O/c1-15(2)8-10-5-4-6(12-9(17)11-5)14-16(3)7(4)13-8/h1-3H3,(H2,10,11,12,13,14,17). The molecule has 0 bridgehead atoms. The highest BCUT2D eigenvalue weighted by molar-refractivity contribution is 6.00. The molecule has 0 aliphatic rings. The predicted octanol–water partition coefficient (Wildman–Crippen LogP) is -0.401. The maximum Gasteiger partial charge on any atom is 0.371 e. The number of aromatic amines is 2. The summed E-state index contributed by atoms with van der Waals surface area (Å²) >= 11 is 0. The predicted molar refractivity (Wildman–Crippen MR) is 63.1 cm³/mol. The van der Waals surface area contributed by atoms with Crippen molar-refractivity contribution in [1.29, 1.82) is 0 Å². The molecular formula is C9H11N7O. The Hall–Kier alpha value is -2.38. The highest BCUT2D eigenvalue weighted by atomic mass is 16.1. The van der Waals surface area contributed by atoms with Crippen LogP contribution < -0.4 is 10.6 Å². The molecule has 0 saturated heterocycles. The van der Waals surface area contributed by atoms with Gasteiger partial charge < -0.3 is 9.88 Å². The zero-order valence-electron chi connectivity index (χ0n) is 9.64. The van der Waals surface area contributed by atoms with Crippen molar-refractivity contribution < 1.29 is 0 Å². The van der Waals surface area contributed by atoms with E-state index >= 15 is 0 Å². The zero-order valence-corrected chi connectivity index (χ0v) is 9.64. The fourth-order valence-corrected chi connectivity index (χ4v) is 1.78. The Morgan fingerprint density at radius 3 is 2.59 bits per heavy atom. The summed E-state index contributed by atoms with van der Waals surface area (Å²) in [5, 5.41) is 3.69. The summed E-state index contributed by atoms with van der Waals surface area (Å²) in [6.45, 7) is 0. The summed E-state index contributed by atoms with van der Waals surface area (Å²) in [6.07, 6.45) is 0. The largest absolute Gasteiger partial charge is 0.371 e. The number of hydrogen-bond acceptors (Lipinski definition) is 5. The van der Waals surface area contributed by atoms with Crippen LogP contribution in [0.25, 0.3) is 22.3 Å². The average Bonchev–Trinajstić information content (AvgIpc) is 2.56. The van der Waals surface area contributed by atoms with Crippen molar-refractivity contribution in [3.05, 3.63) is 10.5 Å². The minimum Gasteiger partial charge on any atom is -0.348 e. The first kappa shape index (κ1) is 9.82. The summed E-state index contributed by atoms with van der Waals surface area (Å²) in [6, 6.07) is 0. The van der Waals surface area contributed by atoms with Gasteiger partial charge in [-0.15, -0.1) is 0 Å². The Morgan fingerprint density at radius 2 is 1.88 bits per heavy atom. The molecule has 0 unspecified atom stereocenters. The molecule has 0 atom stereocenters. The van der Waals surface area contributed by atoms with Crippen molar-refractivity contribution >= 4 is 28.3 Å². The molecule has 0 radical (unpaired) electrons. The lowest BCUT2D eigenvalue weighted by Crippen LogP contribution is -2.15. The second-order valence-electron chi connectivity index (χ2n) is 4.03. The minimum atomic E-state index is -0.520. The Morgan fingerprint density at radius 1 is 1.18 bits per heavy atom. The molecule has 0 saturated carbocycles. The van der Waals surface area contributed by atoms with Gasteiger partial charge in [0.1, 0.15) is 5.39 Å². The summed E-state index contributed by atoms with van der Waals surface area (Å²) in [5.74, 6) is 0.632. The maximum atomic E-state index is 11.3. The van der Waals surface area contributed by atoms with Gasteiger partial charge in [-0.25, -0.2) is 4.79 Å². The molecule has 17 heavy (non-hydrogen) atoms. The van der Waals surface area contributed by atoms with Gasteiger partial charge >= 0.3 is 5.69 Å². The van der Waals surface area contributed by atoms with E-state index in [2.05, 4.69) is 25.0 Å². The molecule has 88 valence electrons. The zero-order chi connectivity index (χ0) is 12.2. The normalized spacial score (nSPS) is 11.5. The highest BCUT2D eigenvalue weighted by Crippen LogP contribution is 2.20. The third-order valence-electron chi connectivity index (χ3n) is 2.57. The summed E-state index contributed by atoms with van der Waals surface area (Å²) < 4.78 is 1.71. The molecule has 0 spiro atoms. The lowest BCUT2D eigenvalue weighted by molar-refractivity contribution is 0.791. The number of rotatable bonds is 1. The monoisotopic (exact) mass is 233 g/mol. The smallest absolute Gasteiger partial charge is 0.348 e. The van der Waals surface area contributed by atoms with Gasteiger partial charge in [0, 0.05) is 21.1 Å². The van der Waals surface area contributed by atoms with Crippen molar-refractivity contribution in [3.63, 3.8) is 0 Å². The molecule has 0 aromatic carbocycles. The quantitative estimate of drug-likeness (QED) is 0.596. The topological polar surface area (TPSA) is 95.5 Å². The Labute approximate surface area is 95.3 Å². The molecule has 8 heteroatoms. The van der Waals surface area contributed by atoms with E-state index in [0.717, 1.165) is 5.39 Å². The SMILES string of the molecule is CN(C)c1nc2c3c(nc(=O)nc3[nH]n2C)[nH]1. The fourth-order valence-electron chi connectivity index (χ4n) is 1.78. The number of H-pyrrole nitrogens is 2. The van der Waals surface area contributed by atoms with E-state index in [-0.39, 0.29) is 0 Å². The number of nitrogens with zero attached hydrogens (tertiary/aromatic N) is 5. The van der Waals surface area contributed by atoms with Gasteiger partial charge in [-0.1, -0.05) is 0 Å². The third-order valence-corrected chi connectivity index (χ3v) is 2.57. The first-order chi connectivity index (χ1) is 8.06. The second-order valence-corrected chi connectivity index (χ2v) is 4.03. The van der Waals surface area contributed by atoms with Crippen molar-refractivity contribution in [1.82, 2.24) is 29.7 Å². The van der Waals surface area contributed by atoms with Crippen LogP contribution in [0, 0.1) is 0 Å². The molecule has 0 aliphatic heterocycles. The first-order valence-electron chi connectivity index (χ1n) is 5.06. The highest BCUT2D eigenvalue weighted by Gasteiger charge is 2.14. The summed E-state index contributed by atoms with van der Waals surface area (Å²) in [7, 11) is 5.54. The van der Waals surface area contributed by atoms with E-state index in [1.807, 2.05) is 26.0 Å². The Balaban J connectivity index is 2.56. The van der Waals surface area contributed by atoms with E-state index in [0.29, 0.717) is 22.9 Å². The van der Waals surface area contributed by atoms with Crippen LogP contribution in [0.4, 0.5) is 5.95 Å². The van der Waals surface area contributed by atoms with Gasteiger partial charge in [0.2, 0.25) is 5.95 Å². The number of nitrogens with one attached hydrogen (secondary N) is 2. The molecule has 0 fully saturated rings. The lowest BCUT2D eigenvalue weighted by Gasteiger charge is -2.11. The van der Waals surface area contributed by atoms with Crippen LogP contribution in [0.3, 0.4) is 0 Å². The van der Waals surface area contributed by atoms with Crippen LogP contribution in [0.1, 0.15) is 0 Å². The van der Waals surface area contributed by atoms with Gasteiger partial charge in [0.25, 0.3) is 0 Å². The van der Waals surface area contributed by atoms with Crippen molar-refractivity contribution in [2.45, 2.75) is 0 Å². The van der Waals surface area contributed by atoms with E-state index in [1.54, 1.807) is 4.68 Å². The van der Waals surface area contributed by atoms with Crippen LogP contribution in [0.2, 0.25) is 0 Å². The van der Waals surface area contributed by atoms with E-state index in [4.69, 9.17) is 0 Å². The molecule has 3 aromatic rings. The van der Waals surface area contributed by atoms with Crippen LogP contribution in [0.5, 0.6) is 0 Å². The van der Waals surface area contributed by atoms with E-state index in [1.165, 1.54) is 0 Å². The number of aryl methyl sites for hydroxylation is 1. The van der Waals surface area contributed by atoms with Crippen LogP contribution in [0.15, 0.2) is 4.79 Å². The average molecular weight is 233 g/mol. The van der Waals surface area contributed by atoms with Gasteiger partial charge in [-0.05, 0) is 0 Å². The first-order valence-corrected chi connectivity index (χ1v) is 5.06. The second kappa shape index (κ2) is 3.06. The van der Waals surface area contributed by atoms with Crippen molar-refractivity contribution in [2.24, 2.45) is 7.05 Å². The molecule has 3 heterocycles. The van der Waals surface area contributed by atoms with Crippen molar-refractivity contribution in [3.8, 4) is 0 Å². The van der Waals surface area contributed by atoms with Crippen LogP contribution in [-0.4, -0.2) is 43.8 Å². The molecule has 2 N–H and O–H groups in total. The van der Waals surface area contributed by atoms with Crippen LogP contribution in [-0.2, 0) is 7.05 Å². The maximum absolute atomic E-state index is 11.3. The molecule has 3 aromatic heterocycles. The molecular weight excluding hydrogens is 222 g/mol. The summed E-state index contributed by atoms with van der Waals surface area (Å²) in [4.78, 5) is 28.3. The molecule has 0 amide bonds. The lowest BCUT2D eigenvalue weighted by atomic mass is 10.4.